The molecule has 2 rings (SSSR count). The van der Waals surface area contributed by atoms with E-state index in [1.807, 2.05) is 7.05 Å². The monoisotopic (exact) mass is 381 g/mol. The maximum absolute atomic E-state index is 12.7. The van der Waals surface area contributed by atoms with Crippen LogP contribution in [0.2, 0.25) is 0 Å². The van der Waals surface area contributed by atoms with Crippen molar-refractivity contribution in [2.75, 3.05) is 33.2 Å². The third-order valence-corrected chi connectivity index (χ3v) is 6.54. The van der Waals surface area contributed by atoms with Crippen molar-refractivity contribution < 1.29 is 18.0 Å². The predicted octanol–water partition coefficient (Wildman–Crippen LogP) is 1.02. The van der Waals surface area contributed by atoms with Gasteiger partial charge in [-0.25, -0.2) is 8.42 Å². The first kappa shape index (κ1) is 20.5. The molecule has 1 saturated heterocycles. The lowest BCUT2D eigenvalue weighted by molar-refractivity contribution is -0.126. The number of carbonyl (C=O) groups excluding carboxylic acids is 2. The van der Waals surface area contributed by atoms with E-state index in [1.54, 1.807) is 0 Å². The molecule has 0 spiro atoms. The van der Waals surface area contributed by atoms with Crippen molar-refractivity contribution in [2.45, 2.75) is 31.1 Å². The number of hydrogen-bond donors (Lipinski definition) is 2. The molecule has 0 aliphatic carbocycles. The van der Waals surface area contributed by atoms with Gasteiger partial charge in [-0.2, -0.15) is 4.31 Å². The Bertz CT molecular complexity index is 723. The molecule has 2 N–H and O–H groups in total. The molecule has 1 heterocycles. The fourth-order valence-corrected chi connectivity index (χ4v) is 4.46. The van der Waals surface area contributed by atoms with Gasteiger partial charge in [-0.05, 0) is 51.9 Å². The van der Waals surface area contributed by atoms with Crippen molar-refractivity contribution in [3.8, 4) is 0 Å². The Morgan fingerprint density at radius 2 is 1.73 bits per heavy atom. The Kier molecular flexibility index (Phi) is 7.31. The van der Waals surface area contributed by atoms with Crippen LogP contribution in [0.15, 0.2) is 29.2 Å². The molecule has 0 aromatic heterocycles. The minimum absolute atomic E-state index is 0.00367. The summed E-state index contributed by atoms with van der Waals surface area (Å²) in [6.45, 7) is 3.56. The number of ketones is 1. The van der Waals surface area contributed by atoms with Crippen LogP contribution in [-0.2, 0) is 14.8 Å². The van der Waals surface area contributed by atoms with E-state index in [2.05, 4.69) is 10.6 Å². The SMILES string of the molecule is CNCCCNC(=O)C1CCN(S(=O)(=O)c2ccc(C(C)=O)cc2)CC1. The summed E-state index contributed by atoms with van der Waals surface area (Å²) in [5.74, 6) is -0.240. The first-order valence-electron chi connectivity index (χ1n) is 8.89. The van der Waals surface area contributed by atoms with E-state index >= 15 is 0 Å². The Morgan fingerprint density at radius 3 is 2.27 bits per heavy atom. The van der Waals surface area contributed by atoms with Gasteiger partial charge in [0.15, 0.2) is 5.78 Å². The summed E-state index contributed by atoms with van der Waals surface area (Å²) < 4.78 is 26.9. The summed E-state index contributed by atoms with van der Waals surface area (Å²) in [5.41, 5.74) is 0.484. The van der Waals surface area contributed by atoms with Gasteiger partial charge in [-0.1, -0.05) is 12.1 Å². The van der Waals surface area contributed by atoms with Gasteiger partial charge in [-0.15, -0.1) is 0 Å². The van der Waals surface area contributed by atoms with Crippen molar-refractivity contribution >= 4 is 21.7 Å². The zero-order valence-corrected chi connectivity index (χ0v) is 16.1. The minimum atomic E-state index is -3.60. The first-order valence-corrected chi connectivity index (χ1v) is 10.3. The van der Waals surface area contributed by atoms with E-state index < -0.39 is 10.0 Å². The van der Waals surface area contributed by atoms with Gasteiger partial charge in [0, 0.05) is 31.1 Å². The third kappa shape index (κ3) is 5.12. The van der Waals surface area contributed by atoms with Crippen LogP contribution in [0.5, 0.6) is 0 Å². The van der Waals surface area contributed by atoms with Crippen LogP contribution in [0.4, 0.5) is 0 Å². The zero-order chi connectivity index (χ0) is 19.2. The highest BCUT2D eigenvalue weighted by Gasteiger charge is 2.31. The minimum Gasteiger partial charge on any atom is -0.356 e. The second kappa shape index (κ2) is 9.25. The number of Topliss-reactive ketones (excluding diaryl/α,β-unsaturated/α-hetero) is 1. The molecule has 0 atom stereocenters. The van der Waals surface area contributed by atoms with Gasteiger partial charge < -0.3 is 10.6 Å². The fourth-order valence-electron chi connectivity index (χ4n) is 2.99. The van der Waals surface area contributed by atoms with E-state index in [0.717, 1.165) is 13.0 Å². The highest BCUT2D eigenvalue weighted by Crippen LogP contribution is 2.24. The van der Waals surface area contributed by atoms with Crippen LogP contribution < -0.4 is 10.6 Å². The van der Waals surface area contributed by atoms with Gasteiger partial charge in [-0.3, -0.25) is 9.59 Å². The largest absolute Gasteiger partial charge is 0.356 e. The molecule has 1 fully saturated rings. The van der Waals surface area contributed by atoms with Gasteiger partial charge >= 0.3 is 0 Å². The number of rotatable bonds is 8. The van der Waals surface area contributed by atoms with Gasteiger partial charge in [0.05, 0.1) is 4.90 Å². The topological polar surface area (TPSA) is 95.6 Å². The van der Waals surface area contributed by atoms with E-state index in [4.69, 9.17) is 0 Å². The molecule has 7 nitrogen and oxygen atoms in total. The van der Waals surface area contributed by atoms with Crippen LogP contribution >= 0.6 is 0 Å². The second-order valence-electron chi connectivity index (χ2n) is 6.51. The molecule has 0 saturated carbocycles. The number of piperidine rings is 1. The lowest BCUT2D eigenvalue weighted by atomic mass is 9.97. The number of nitrogens with zero attached hydrogens (tertiary/aromatic N) is 1. The Hall–Kier alpha value is -1.77. The Labute approximate surface area is 155 Å². The summed E-state index contributed by atoms with van der Waals surface area (Å²) in [6, 6.07) is 5.99. The Morgan fingerprint density at radius 1 is 1.12 bits per heavy atom. The standard InChI is InChI=1S/C18H27N3O4S/c1-14(22)15-4-6-17(7-5-15)26(24,25)21-12-8-16(9-13-21)18(23)20-11-3-10-19-2/h4-7,16,19H,3,8-13H2,1-2H3,(H,20,23). The molecule has 26 heavy (non-hydrogen) atoms. The highest BCUT2D eigenvalue weighted by atomic mass is 32.2. The number of benzene rings is 1. The molecule has 1 amide bonds. The lowest BCUT2D eigenvalue weighted by Gasteiger charge is -2.30. The number of carbonyl (C=O) groups is 2. The number of nitrogens with one attached hydrogen (secondary N) is 2. The van der Waals surface area contributed by atoms with Gasteiger partial charge in [0.2, 0.25) is 15.9 Å². The number of hydrogen-bond acceptors (Lipinski definition) is 5. The highest BCUT2D eigenvalue weighted by molar-refractivity contribution is 7.89. The lowest BCUT2D eigenvalue weighted by Crippen LogP contribution is -2.43. The molecule has 1 aliphatic heterocycles. The molecule has 0 radical (unpaired) electrons. The fraction of sp³-hybridized carbons (Fsp3) is 0.556. The van der Waals surface area contributed by atoms with Crippen LogP contribution in [-0.4, -0.2) is 57.6 Å². The molecule has 144 valence electrons. The second-order valence-corrected chi connectivity index (χ2v) is 8.44. The summed E-state index contributed by atoms with van der Waals surface area (Å²) in [6.07, 6.45) is 1.90. The molecule has 1 aromatic carbocycles. The van der Waals surface area contributed by atoms with Crippen molar-refractivity contribution in [1.29, 1.82) is 0 Å². The summed E-state index contributed by atoms with van der Waals surface area (Å²) in [4.78, 5) is 23.7. The number of amides is 1. The van der Waals surface area contributed by atoms with Crippen LogP contribution in [0.25, 0.3) is 0 Å². The van der Waals surface area contributed by atoms with Gasteiger partial charge in [0.25, 0.3) is 0 Å². The molecule has 8 heteroatoms. The van der Waals surface area contributed by atoms with E-state index in [0.29, 0.717) is 38.0 Å². The van der Waals surface area contributed by atoms with Crippen LogP contribution in [0.3, 0.4) is 0 Å². The average Bonchev–Trinajstić information content (AvgIpc) is 2.65. The molecular weight excluding hydrogens is 354 g/mol. The number of sulfonamides is 1. The van der Waals surface area contributed by atoms with Crippen molar-refractivity contribution in [2.24, 2.45) is 5.92 Å². The molecule has 1 aromatic rings. The predicted molar refractivity (Wildman–Crippen MR) is 99.5 cm³/mol. The zero-order valence-electron chi connectivity index (χ0n) is 15.3. The van der Waals surface area contributed by atoms with E-state index in [9.17, 15) is 18.0 Å². The Balaban J connectivity index is 1.91. The maximum atomic E-state index is 12.7. The molecule has 0 unspecified atom stereocenters. The smallest absolute Gasteiger partial charge is 0.243 e. The summed E-state index contributed by atoms with van der Waals surface area (Å²) in [5, 5.41) is 5.94. The summed E-state index contributed by atoms with van der Waals surface area (Å²) >= 11 is 0. The van der Waals surface area contributed by atoms with Crippen molar-refractivity contribution in [3.63, 3.8) is 0 Å². The van der Waals surface area contributed by atoms with Crippen molar-refractivity contribution in [3.05, 3.63) is 29.8 Å². The first-order chi connectivity index (χ1) is 12.4. The van der Waals surface area contributed by atoms with Gasteiger partial charge in [0.1, 0.15) is 0 Å². The molecule has 1 aliphatic rings. The molecular formula is C18H27N3O4S. The average molecular weight is 381 g/mol. The van der Waals surface area contributed by atoms with Crippen molar-refractivity contribution in [1.82, 2.24) is 14.9 Å². The third-order valence-electron chi connectivity index (χ3n) is 4.63. The van der Waals surface area contributed by atoms with E-state index in [1.165, 1.54) is 35.5 Å². The maximum Gasteiger partial charge on any atom is 0.243 e. The summed E-state index contributed by atoms with van der Waals surface area (Å²) in [7, 11) is -1.73. The van der Waals surface area contributed by atoms with E-state index in [-0.39, 0.29) is 22.5 Å². The van der Waals surface area contributed by atoms with Crippen LogP contribution in [0, 0.1) is 5.92 Å². The normalized spacial score (nSPS) is 16.4. The quantitative estimate of drug-likeness (QED) is 0.518. The molecule has 0 bridgehead atoms. The van der Waals surface area contributed by atoms with Crippen LogP contribution in [0.1, 0.15) is 36.5 Å².